The Morgan fingerprint density at radius 3 is 2.69 bits per heavy atom. The molecular weight excluding hydrogens is 485 g/mol. The molecule has 0 spiro atoms. The number of carbonyl (C=O) groups is 1. The third-order valence-electron chi connectivity index (χ3n) is 5.80. The molecule has 4 aromatic rings. The van der Waals surface area contributed by atoms with Gasteiger partial charge in [-0.1, -0.05) is 23.7 Å². The Hall–Kier alpha value is -3.85. The molecule has 0 aliphatic carbocycles. The maximum absolute atomic E-state index is 13.4. The van der Waals surface area contributed by atoms with Crippen molar-refractivity contribution in [2.75, 3.05) is 18.4 Å². The molecule has 188 valence electrons. The van der Waals surface area contributed by atoms with E-state index >= 15 is 0 Å². The van der Waals surface area contributed by atoms with E-state index in [1.54, 1.807) is 35.4 Å². The lowest BCUT2D eigenvalue weighted by molar-refractivity contribution is 0.0988. The number of carbonyl (C=O) groups excluding carboxylic acids is 1. The predicted octanol–water partition coefficient (Wildman–Crippen LogP) is 6.36. The molecule has 0 bridgehead atoms. The van der Waals surface area contributed by atoms with Gasteiger partial charge in [-0.25, -0.2) is 9.18 Å². The van der Waals surface area contributed by atoms with Gasteiger partial charge >= 0.3 is 6.09 Å². The van der Waals surface area contributed by atoms with Gasteiger partial charge in [-0.2, -0.15) is 5.10 Å². The van der Waals surface area contributed by atoms with Crippen LogP contribution in [0.5, 0.6) is 5.75 Å². The minimum Gasteiger partial charge on any atom is -0.487 e. The first-order valence-electron chi connectivity index (χ1n) is 11.6. The number of fused-ring (bicyclic) bond motifs is 1. The summed E-state index contributed by atoms with van der Waals surface area (Å²) in [5.74, 6) is 0.695. The van der Waals surface area contributed by atoms with Crippen molar-refractivity contribution in [2.24, 2.45) is 0 Å². The number of halogens is 2. The average Bonchev–Trinajstić information content (AvgIpc) is 3.19. The standard InChI is InChI=1S/C26H27ClFN5O3/c1-4-33(5-2)26(34)36-15-22-16(3)24-21(31-22)13-29-32-25(24)30-19-9-10-23(20(27)12-19)35-14-17-7-6-8-18(28)11-17/h6-13,31H,4-5,14-15H2,1-3H3,(H,30,32). The highest BCUT2D eigenvalue weighted by molar-refractivity contribution is 6.32. The van der Waals surface area contributed by atoms with E-state index in [1.165, 1.54) is 12.1 Å². The Labute approximate surface area is 213 Å². The van der Waals surface area contributed by atoms with Crippen LogP contribution in [-0.2, 0) is 18.0 Å². The van der Waals surface area contributed by atoms with Gasteiger partial charge in [0, 0.05) is 24.2 Å². The van der Waals surface area contributed by atoms with Crippen LogP contribution >= 0.6 is 11.6 Å². The molecule has 0 aliphatic heterocycles. The number of hydrogen-bond acceptors (Lipinski definition) is 6. The number of benzene rings is 2. The number of H-pyrrole nitrogens is 1. The van der Waals surface area contributed by atoms with Crippen molar-refractivity contribution >= 4 is 40.1 Å². The van der Waals surface area contributed by atoms with E-state index in [2.05, 4.69) is 20.5 Å². The van der Waals surface area contributed by atoms with Crippen LogP contribution in [0.1, 0.15) is 30.7 Å². The van der Waals surface area contributed by atoms with Crippen molar-refractivity contribution in [1.29, 1.82) is 0 Å². The zero-order valence-electron chi connectivity index (χ0n) is 20.3. The molecule has 8 nitrogen and oxygen atoms in total. The van der Waals surface area contributed by atoms with Crippen molar-refractivity contribution in [3.05, 3.63) is 76.3 Å². The van der Waals surface area contributed by atoms with E-state index in [0.717, 1.165) is 22.2 Å². The zero-order chi connectivity index (χ0) is 25.7. The van der Waals surface area contributed by atoms with Gasteiger partial charge in [0.05, 0.1) is 22.4 Å². The smallest absolute Gasteiger partial charge is 0.410 e. The first-order chi connectivity index (χ1) is 17.4. The van der Waals surface area contributed by atoms with Gasteiger partial charge in [-0.3, -0.25) is 0 Å². The topological polar surface area (TPSA) is 92.4 Å². The number of anilines is 2. The summed E-state index contributed by atoms with van der Waals surface area (Å²) in [6.45, 7) is 7.22. The van der Waals surface area contributed by atoms with Crippen LogP contribution in [0.25, 0.3) is 10.9 Å². The molecule has 0 aliphatic rings. The molecule has 2 N–H and O–H groups in total. The highest BCUT2D eigenvalue weighted by Gasteiger charge is 2.17. The van der Waals surface area contributed by atoms with Gasteiger partial charge in [0.1, 0.15) is 24.8 Å². The molecule has 0 radical (unpaired) electrons. The minimum atomic E-state index is -0.359. The van der Waals surface area contributed by atoms with Crippen LogP contribution in [0.3, 0.4) is 0 Å². The summed E-state index contributed by atoms with van der Waals surface area (Å²) in [4.78, 5) is 17.1. The maximum atomic E-state index is 13.4. The molecule has 4 rings (SSSR count). The van der Waals surface area contributed by atoms with Gasteiger partial charge in [-0.05, 0) is 62.2 Å². The molecule has 0 fully saturated rings. The van der Waals surface area contributed by atoms with Crippen molar-refractivity contribution in [3.8, 4) is 5.75 Å². The molecule has 0 unspecified atom stereocenters. The average molecular weight is 512 g/mol. The molecule has 2 heterocycles. The fourth-order valence-corrected chi connectivity index (χ4v) is 4.06. The number of nitrogens with zero attached hydrogens (tertiary/aromatic N) is 3. The van der Waals surface area contributed by atoms with Gasteiger partial charge in [0.15, 0.2) is 5.82 Å². The number of aromatic amines is 1. The van der Waals surface area contributed by atoms with E-state index in [-0.39, 0.29) is 25.1 Å². The summed E-state index contributed by atoms with van der Waals surface area (Å²) in [5.41, 5.74) is 3.82. The lowest BCUT2D eigenvalue weighted by atomic mass is 10.2. The number of ether oxygens (including phenoxy) is 2. The van der Waals surface area contributed by atoms with Crippen LogP contribution in [0.4, 0.5) is 20.7 Å². The van der Waals surface area contributed by atoms with E-state index in [4.69, 9.17) is 21.1 Å². The SMILES string of the molecule is CCN(CC)C(=O)OCc1[nH]c2cnnc(Nc3ccc(OCc4cccc(F)c4)c(Cl)c3)c2c1C. The number of hydrogen-bond donors (Lipinski definition) is 2. The highest BCUT2D eigenvalue weighted by atomic mass is 35.5. The van der Waals surface area contributed by atoms with Gasteiger partial charge in [0.25, 0.3) is 0 Å². The molecule has 2 aromatic heterocycles. The molecule has 0 atom stereocenters. The van der Waals surface area contributed by atoms with Gasteiger partial charge < -0.3 is 24.7 Å². The lowest BCUT2D eigenvalue weighted by Gasteiger charge is -2.17. The largest absolute Gasteiger partial charge is 0.487 e. The van der Waals surface area contributed by atoms with Crippen LogP contribution < -0.4 is 10.1 Å². The monoisotopic (exact) mass is 511 g/mol. The normalized spacial score (nSPS) is 10.9. The first kappa shape index (κ1) is 25.2. The van der Waals surface area contributed by atoms with Crippen molar-refractivity contribution < 1.29 is 18.7 Å². The van der Waals surface area contributed by atoms with Crippen molar-refractivity contribution in [1.82, 2.24) is 20.1 Å². The quantitative estimate of drug-likeness (QED) is 0.271. The fourth-order valence-electron chi connectivity index (χ4n) is 3.83. The molecule has 36 heavy (non-hydrogen) atoms. The Kier molecular flexibility index (Phi) is 7.90. The summed E-state index contributed by atoms with van der Waals surface area (Å²) in [7, 11) is 0. The summed E-state index contributed by atoms with van der Waals surface area (Å²) >= 11 is 6.43. The number of aromatic nitrogens is 3. The van der Waals surface area contributed by atoms with Crippen LogP contribution in [0.15, 0.2) is 48.7 Å². The number of aryl methyl sites for hydroxylation is 1. The Morgan fingerprint density at radius 2 is 1.97 bits per heavy atom. The van der Waals surface area contributed by atoms with Crippen LogP contribution in [-0.4, -0.2) is 39.3 Å². The van der Waals surface area contributed by atoms with Crippen LogP contribution in [0, 0.1) is 12.7 Å². The van der Waals surface area contributed by atoms with E-state index in [9.17, 15) is 9.18 Å². The predicted molar refractivity (Wildman–Crippen MR) is 137 cm³/mol. The zero-order valence-corrected chi connectivity index (χ0v) is 21.0. The van der Waals surface area contributed by atoms with Gasteiger partial charge in [0.2, 0.25) is 0 Å². The number of rotatable bonds is 9. The summed E-state index contributed by atoms with van der Waals surface area (Å²) in [6.07, 6.45) is 1.27. The second kappa shape index (κ2) is 11.3. The third-order valence-corrected chi connectivity index (χ3v) is 6.10. The third kappa shape index (κ3) is 5.68. The molecule has 0 saturated carbocycles. The lowest BCUT2D eigenvalue weighted by Crippen LogP contribution is -2.31. The first-order valence-corrected chi connectivity index (χ1v) is 12.0. The molecule has 0 saturated heterocycles. The Morgan fingerprint density at radius 1 is 1.17 bits per heavy atom. The van der Waals surface area contributed by atoms with E-state index in [0.29, 0.717) is 40.9 Å². The Balaban J connectivity index is 1.48. The Bertz CT molecular complexity index is 1370. The van der Waals surface area contributed by atoms with E-state index in [1.807, 2.05) is 26.8 Å². The maximum Gasteiger partial charge on any atom is 0.410 e. The fraction of sp³-hybridized carbons (Fsp3) is 0.269. The molecule has 1 amide bonds. The molecular formula is C26H27ClFN5O3. The summed E-state index contributed by atoms with van der Waals surface area (Å²) < 4.78 is 24.6. The molecule has 2 aromatic carbocycles. The van der Waals surface area contributed by atoms with Crippen LogP contribution in [0.2, 0.25) is 5.02 Å². The second-order valence-corrected chi connectivity index (χ2v) is 8.53. The van der Waals surface area contributed by atoms with E-state index < -0.39 is 0 Å². The van der Waals surface area contributed by atoms with Crippen molar-refractivity contribution in [3.63, 3.8) is 0 Å². The molecule has 10 heteroatoms. The number of amides is 1. The minimum absolute atomic E-state index is 0.110. The highest BCUT2D eigenvalue weighted by Crippen LogP contribution is 2.33. The second-order valence-electron chi connectivity index (χ2n) is 8.13. The van der Waals surface area contributed by atoms with Crippen molar-refractivity contribution in [2.45, 2.75) is 34.0 Å². The summed E-state index contributed by atoms with van der Waals surface area (Å²) in [6, 6.07) is 11.5. The van der Waals surface area contributed by atoms with Gasteiger partial charge in [-0.15, -0.1) is 5.10 Å². The summed E-state index contributed by atoms with van der Waals surface area (Å²) in [5, 5.41) is 12.8. The number of nitrogens with one attached hydrogen (secondary N) is 2.